The lowest BCUT2D eigenvalue weighted by atomic mass is 9.99. The summed E-state index contributed by atoms with van der Waals surface area (Å²) in [7, 11) is 0. The molecule has 1 fully saturated rings. The third-order valence-corrected chi connectivity index (χ3v) is 4.86. The van der Waals surface area contributed by atoms with E-state index >= 15 is 0 Å². The summed E-state index contributed by atoms with van der Waals surface area (Å²) < 4.78 is 23.6. The predicted molar refractivity (Wildman–Crippen MR) is 110 cm³/mol. The molecule has 2 aromatic carbocycles. The molecule has 2 aromatic rings. The Morgan fingerprint density at radius 2 is 1.50 bits per heavy atom. The van der Waals surface area contributed by atoms with Gasteiger partial charge in [-0.05, 0) is 23.6 Å². The van der Waals surface area contributed by atoms with Gasteiger partial charge in [0, 0.05) is 11.5 Å². The standard InChI is InChI=1S/C22H27N3O5/c1-16-20(28-14-17-8-4-2-5-9-17)21(29-15-18-10-6-3-7-11-18)19(26)22(30-16)27-13-12-24-25-23/h2-11,16,19-22,26H,12-15H2,1H3/t16?,19-,20-,21?,22-/m0/s1. The van der Waals surface area contributed by atoms with Crippen molar-refractivity contribution in [2.45, 2.75) is 50.8 Å². The molecule has 1 saturated heterocycles. The van der Waals surface area contributed by atoms with E-state index in [0.717, 1.165) is 11.1 Å². The van der Waals surface area contributed by atoms with E-state index in [9.17, 15) is 5.11 Å². The van der Waals surface area contributed by atoms with Crippen molar-refractivity contribution in [2.24, 2.45) is 5.11 Å². The molecule has 30 heavy (non-hydrogen) atoms. The molecule has 8 heteroatoms. The zero-order chi connectivity index (χ0) is 21.2. The van der Waals surface area contributed by atoms with Crippen LogP contribution < -0.4 is 0 Å². The van der Waals surface area contributed by atoms with E-state index in [-0.39, 0.29) is 19.3 Å². The second kappa shape index (κ2) is 11.7. The molecule has 8 nitrogen and oxygen atoms in total. The van der Waals surface area contributed by atoms with E-state index < -0.39 is 24.6 Å². The average Bonchev–Trinajstić information content (AvgIpc) is 2.78. The smallest absolute Gasteiger partial charge is 0.186 e. The molecule has 160 valence electrons. The van der Waals surface area contributed by atoms with E-state index in [4.69, 9.17) is 24.5 Å². The second-order valence-corrected chi connectivity index (χ2v) is 7.05. The fraction of sp³-hybridized carbons (Fsp3) is 0.455. The van der Waals surface area contributed by atoms with Crippen LogP contribution in [-0.4, -0.2) is 49.0 Å². The third kappa shape index (κ3) is 6.27. The Labute approximate surface area is 176 Å². The van der Waals surface area contributed by atoms with Gasteiger partial charge in [0.05, 0.1) is 25.9 Å². The van der Waals surface area contributed by atoms with E-state index in [0.29, 0.717) is 13.2 Å². The van der Waals surface area contributed by atoms with Gasteiger partial charge >= 0.3 is 0 Å². The molecule has 0 aliphatic carbocycles. The number of azide groups is 1. The van der Waals surface area contributed by atoms with Crippen molar-refractivity contribution in [2.75, 3.05) is 13.2 Å². The van der Waals surface area contributed by atoms with Crippen molar-refractivity contribution >= 4 is 0 Å². The van der Waals surface area contributed by atoms with Gasteiger partial charge in [-0.2, -0.15) is 0 Å². The summed E-state index contributed by atoms with van der Waals surface area (Å²) in [6, 6.07) is 19.5. The second-order valence-electron chi connectivity index (χ2n) is 7.05. The minimum Gasteiger partial charge on any atom is -0.385 e. The van der Waals surface area contributed by atoms with Gasteiger partial charge in [-0.25, -0.2) is 0 Å². The molecule has 0 spiro atoms. The van der Waals surface area contributed by atoms with E-state index in [1.54, 1.807) is 0 Å². The first-order valence-corrected chi connectivity index (χ1v) is 9.96. The normalized spacial score (nSPS) is 26.1. The number of hydrogen-bond acceptors (Lipinski definition) is 6. The Morgan fingerprint density at radius 3 is 2.07 bits per heavy atom. The molecule has 1 N–H and O–H groups in total. The molecular formula is C22H27N3O5. The van der Waals surface area contributed by atoms with Crippen LogP contribution in [0.1, 0.15) is 18.1 Å². The van der Waals surface area contributed by atoms with Crippen LogP contribution in [0.3, 0.4) is 0 Å². The first kappa shape index (κ1) is 22.2. The molecule has 0 radical (unpaired) electrons. The van der Waals surface area contributed by atoms with Crippen LogP contribution in [-0.2, 0) is 32.2 Å². The maximum Gasteiger partial charge on any atom is 0.186 e. The van der Waals surface area contributed by atoms with Crippen LogP contribution in [0.2, 0.25) is 0 Å². The molecule has 1 heterocycles. The van der Waals surface area contributed by atoms with Gasteiger partial charge in [0.25, 0.3) is 0 Å². The van der Waals surface area contributed by atoms with Gasteiger partial charge in [0.1, 0.15) is 18.3 Å². The van der Waals surface area contributed by atoms with Crippen molar-refractivity contribution < 1.29 is 24.1 Å². The largest absolute Gasteiger partial charge is 0.385 e. The highest BCUT2D eigenvalue weighted by molar-refractivity contribution is 5.14. The summed E-state index contributed by atoms with van der Waals surface area (Å²) in [5, 5.41) is 14.3. The summed E-state index contributed by atoms with van der Waals surface area (Å²) >= 11 is 0. The summed E-state index contributed by atoms with van der Waals surface area (Å²) in [6.07, 6.45) is -3.46. The minimum absolute atomic E-state index is 0.138. The highest BCUT2D eigenvalue weighted by Crippen LogP contribution is 2.28. The van der Waals surface area contributed by atoms with Crippen molar-refractivity contribution in [3.05, 3.63) is 82.2 Å². The van der Waals surface area contributed by atoms with Crippen LogP contribution in [0.4, 0.5) is 0 Å². The topological polar surface area (TPSA) is 106 Å². The monoisotopic (exact) mass is 413 g/mol. The quantitative estimate of drug-likeness (QED) is 0.277. The number of rotatable bonds is 10. The molecular weight excluding hydrogens is 386 g/mol. The lowest BCUT2D eigenvalue weighted by molar-refractivity contribution is -0.309. The molecule has 1 aliphatic rings. The first-order chi connectivity index (χ1) is 14.7. The van der Waals surface area contributed by atoms with Crippen molar-refractivity contribution in [3.8, 4) is 0 Å². The Hall–Kier alpha value is -2.45. The minimum atomic E-state index is -1.06. The molecule has 2 unspecified atom stereocenters. The Morgan fingerprint density at radius 1 is 0.933 bits per heavy atom. The Balaban J connectivity index is 1.68. The third-order valence-electron chi connectivity index (χ3n) is 4.86. The van der Waals surface area contributed by atoms with Gasteiger partial charge in [-0.15, -0.1) is 0 Å². The molecule has 0 saturated carbocycles. The number of ether oxygens (including phenoxy) is 4. The Kier molecular flexibility index (Phi) is 8.65. The lowest BCUT2D eigenvalue weighted by Crippen LogP contribution is -2.59. The SMILES string of the molecule is CC1O[C@H](OCCN=[N+]=[N-])[C@@H](O)C(OCc2ccccc2)[C@H]1OCc1ccccc1. The van der Waals surface area contributed by atoms with Crippen LogP contribution in [0.5, 0.6) is 0 Å². The molecule has 5 atom stereocenters. The average molecular weight is 413 g/mol. The zero-order valence-corrected chi connectivity index (χ0v) is 16.9. The Bertz CT molecular complexity index is 801. The number of hydrogen-bond donors (Lipinski definition) is 1. The highest BCUT2D eigenvalue weighted by Gasteiger charge is 2.45. The van der Waals surface area contributed by atoms with Crippen molar-refractivity contribution in [3.63, 3.8) is 0 Å². The van der Waals surface area contributed by atoms with Crippen LogP contribution in [0, 0.1) is 0 Å². The fourth-order valence-electron chi connectivity index (χ4n) is 3.34. The van der Waals surface area contributed by atoms with Crippen molar-refractivity contribution in [1.29, 1.82) is 0 Å². The van der Waals surface area contributed by atoms with Gasteiger partial charge < -0.3 is 24.1 Å². The number of nitrogens with zero attached hydrogens (tertiary/aromatic N) is 3. The molecule has 3 rings (SSSR count). The first-order valence-electron chi connectivity index (χ1n) is 9.96. The van der Waals surface area contributed by atoms with Gasteiger partial charge in [0.2, 0.25) is 0 Å². The fourth-order valence-corrected chi connectivity index (χ4v) is 3.34. The van der Waals surface area contributed by atoms with E-state index in [1.165, 1.54) is 0 Å². The molecule has 1 aliphatic heterocycles. The summed E-state index contributed by atoms with van der Waals surface area (Å²) in [5.74, 6) is 0. The summed E-state index contributed by atoms with van der Waals surface area (Å²) in [5.41, 5.74) is 10.4. The van der Waals surface area contributed by atoms with E-state index in [1.807, 2.05) is 67.6 Å². The van der Waals surface area contributed by atoms with Gasteiger partial charge in [-0.1, -0.05) is 65.8 Å². The van der Waals surface area contributed by atoms with Gasteiger partial charge in [-0.3, -0.25) is 0 Å². The van der Waals surface area contributed by atoms with Crippen molar-refractivity contribution in [1.82, 2.24) is 0 Å². The molecule has 0 bridgehead atoms. The maximum atomic E-state index is 10.9. The maximum absolute atomic E-state index is 10.9. The van der Waals surface area contributed by atoms with Gasteiger partial charge in [0.15, 0.2) is 6.29 Å². The highest BCUT2D eigenvalue weighted by atomic mass is 16.7. The lowest BCUT2D eigenvalue weighted by Gasteiger charge is -2.43. The van der Waals surface area contributed by atoms with E-state index in [2.05, 4.69) is 10.0 Å². The zero-order valence-electron chi connectivity index (χ0n) is 16.9. The summed E-state index contributed by atoms with van der Waals surface area (Å²) in [6.45, 7) is 2.86. The molecule has 0 amide bonds. The number of aliphatic hydroxyl groups excluding tert-OH is 1. The number of aliphatic hydroxyl groups is 1. The van der Waals surface area contributed by atoms with Crippen LogP contribution in [0.15, 0.2) is 65.8 Å². The van der Waals surface area contributed by atoms with Crippen LogP contribution >= 0.6 is 0 Å². The predicted octanol–water partition coefficient (Wildman–Crippen LogP) is 3.59. The molecule has 0 aromatic heterocycles. The van der Waals surface area contributed by atoms with Crippen LogP contribution in [0.25, 0.3) is 10.4 Å². The number of benzene rings is 2. The summed E-state index contributed by atoms with van der Waals surface area (Å²) in [4.78, 5) is 2.69.